The van der Waals surface area contributed by atoms with E-state index >= 15 is 0 Å². The van der Waals surface area contributed by atoms with Crippen molar-refractivity contribution in [3.63, 3.8) is 0 Å². The van der Waals surface area contributed by atoms with Crippen molar-refractivity contribution in [2.24, 2.45) is 5.41 Å². The number of carboxylic acid groups (broad SMARTS) is 1. The van der Waals surface area contributed by atoms with E-state index in [1.165, 1.54) is 11.0 Å². The van der Waals surface area contributed by atoms with Crippen LogP contribution in [0.3, 0.4) is 0 Å². The zero-order valence-electron chi connectivity index (χ0n) is 11.9. The Balaban J connectivity index is 1.63. The summed E-state index contributed by atoms with van der Waals surface area (Å²) >= 11 is 0. The molecule has 1 spiro atoms. The average molecular weight is 314 g/mol. The van der Waals surface area contributed by atoms with Crippen LogP contribution < -0.4 is 0 Å². The zero-order chi connectivity index (χ0) is 16.0. The van der Waals surface area contributed by atoms with Crippen molar-refractivity contribution in [3.05, 3.63) is 29.6 Å². The first-order valence-electron chi connectivity index (χ1n) is 7.31. The fourth-order valence-corrected chi connectivity index (χ4v) is 3.61. The minimum Gasteiger partial charge on any atom is -0.465 e. The van der Waals surface area contributed by atoms with Gasteiger partial charge in [0.15, 0.2) is 0 Å². The molecule has 0 radical (unpaired) electrons. The highest BCUT2D eigenvalue weighted by atomic mass is 19.4. The normalized spacial score (nSPS) is 21.7. The van der Waals surface area contributed by atoms with E-state index in [9.17, 15) is 18.0 Å². The van der Waals surface area contributed by atoms with Crippen molar-refractivity contribution in [3.8, 4) is 0 Å². The molecule has 2 heterocycles. The first-order valence-corrected chi connectivity index (χ1v) is 7.31. The topological polar surface area (TPSA) is 53.4 Å². The van der Waals surface area contributed by atoms with Gasteiger partial charge in [-0.25, -0.2) is 9.78 Å². The van der Waals surface area contributed by atoms with Crippen molar-refractivity contribution in [2.75, 3.05) is 13.1 Å². The van der Waals surface area contributed by atoms with Crippen molar-refractivity contribution in [1.29, 1.82) is 0 Å². The summed E-state index contributed by atoms with van der Waals surface area (Å²) in [7, 11) is 0. The molecule has 1 aromatic rings. The van der Waals surface area contributed by atoms with Gasteiger partial charge in [0.05, 0.1) is 0 Å². The predicted octanol–water partition coefficient (Wildman–Crippen LogP) is 3.74. The van der Waals surface area contributed by atoms with Crippen LogP contribution in [0.2, 0.25) is 0 Å². The number of amides is 1. The zero-order valence-corrected chi connectivity index (χ0v) is 11.9. The third-order valence-corrected chi connectivity index (χ3v) is 4.93. The molecule has 120 valence electrons. The second kappa shape index (κ2) is 5.14. The number of hydrogen-bond donors (Lipinski definition) is 1. The quantitative estimate of drug-likeness (QED) is 0.859. The second-order valence-corrected chi connectivity index (χ2v) is 6.32. The number of alkyl halides is 3. The van der Waals surface area contributed by atoms with E-state index in [1.54, 1.807) is 6.07 Å². The fraction of sp³-hybridized carbons (Fsp3) is 0.600. The molecule has 1 saturated carbocycles. The largest absolute Gasteiger partial charge is 0.465 e. The average Bonchev–Trinajstić information content (AvgIpc) is 2.44. The summed E-state index contributed by atoms with van der Waals surface area (Å²) in [5.74, 6) is 0.0543. The van der Waals surface area contributed by atoms with E-state index < -0.39 is 18.0 Å². The standard InChI is InChI=1S/C15H17F3N2O2/c16-15(17,18)12-3-1-2-11(19-12)10-8-14(9-10)4-6-20(7-5-14)13(21)22/h1-3,10H,4-9H2,(H,21,22). The summed E-state index contributed by atoms with van der Waals surface area (Å²) in [6.45, 7) is 1.02. The van der Waals surface area contributed by atoms with Gasteiger partial charge in [0.25, 0.3) is 0 Å². The van der Waals surface area contributed by atoms with E-state index in [4.69, 9.17) is 5.11 Å². The molecule has 22 heavy (non-hydrogen) atoms. The van der Waals surface area contributed by atoms with Gasteiger partial charge in [-0.05, 0) is 43.2 Å². The highest BCUT2D eigenvalue weighted by Crippen LogP contribution is 2.56. The van der Waals surface area contributed by atoms with Crippen molar-refractivity contribution in [2.45, 2.75) is 37.8 Å². The van der Waals surface area contributed by atoms with Gasteiger partial charge in [-0.3, -0.25) is 0 Å². The molecule has 1 aliphatic carbocycles. The van der Waals surface area contributed by atoms with Crippen LogP contribution >= 0.6 is 0 Å². The van der Waals surface area contributed by atoms with Gasteiger partial charge in [-0.2, -0.15) is 13.2 Å². The number of aromatic nitrogens is 1. The number of rotatable bonds is 1. The van der Waals surface area contributed by atoms with Crippen molar-refractivity contribution >= 4 is 6.09 Å². The molecule has 4 nitrogen and oxygen atoms in total. The van der Waals surface area contributed by atoms with Crippen LogP contribution in [0.25, 0.3) is 0 Å². The lowest BCUT2D eigenvalue weighted by Crippen LogP contribution is -2.47. The molecule has 7 heteroatoms. The Kier molecular flexibility index (Phi) is 3.53. The van der Waals surface area contributed by atoms with Gasteiger partial charge in [0.2, 0.25) is 0 Å². The fourth-order valence-electron chi connectivity index (χ4n) is 3.61. The molecule has 1 aromatic heterocycles. The van der Waals surface area contributed by atoms with E-state index in [0.717, 1.165) is 31.7 Å². The number of piperidine rings is 1. The molecular formula is C15H17F3N2O2. The third kappa shape index (κ3) is 2.76. The molecule has 1 N–H and O–H groups in total. The number of pyridine rings is 1. The Morgan fingerprint density at radius 1 is 1.27 bits per heavy atom. The van der Waals surface area contributed by atoms with Crippen LogP contribution in [-0.2, 0) is 6.18 Å². The molecule has 1 saturated heterocycles. The van der Waals surface area contributed by atoms with Gasteiger partial charge in [0.1, 0.15) is 5.69 Å². The summed E-state index contributed by atoms with van der Waals surface area (Å²) in [6, 6.07) is 4.05. The second-order valence-electron chi connectivity index (χ2n) is 6.32. The molecule has 0 aromatic carbocycles. The lowest BCUT2D eigenvalue weighted by molar-refractivity contribution is -0.141. The van der Waals surface area contributed by atoms with Crippen LogP contribution in [0.4, 0.5) is 18.0 Å². The Bertz CT molecular complexity index is 572. The smallest absolute Gasteiger partial charge is 0.433 e. The van der Waals surface area contributed by atoms with Crippen LogP contribution in [0, 0.1) is 5.41 Å². The summed E-state index contributed by atoms with van der Waals surface area (Å²) < 4.78 is 38.1. The SMILES string of the molecule is O=C(O)N1CCC2(CC1)CC(c1cccc(C(F)(F)F)n1)C2. The molecule has 2 fully saturated rings. The van der Waals surface area contributed by atoms with E-state index in [-0.39, 0.29) is 11.3 Å². The highest BCUT2D eigenvalue weighted by molar-refractivity contribution is 5.65. The monoisotopic (exact) mass is 314 g/mol. The molecule has 1 amide bonds. The maximum absolute atomic E-state index is 12.7. The molecular weight excluding hydrogens is 297 g/mol. The Morgan fingerprint density at radius 2 is 1.91 bits per heavy atom. The van der Waals surface area contributed by atoms with Crippen molar-refractivity contribution in [1.82, 2.24) is 9.88 Å². The van der Waals surface area contributed by atoms with Gasteiger partial charge in [-0.1, -0.05) is 6.07 Å². The van der Waals surface area contributed by atoms with Gasteiger partial charge < -0.3 is 10.0 Å². The van der Waals surface area contributed by atoms with Crippen LogP contribution in [0.15, 0.2) is 18.2 Å². The minimum absolute atomic E-state index is 0.0543. The van der Waals surface area contributed by atoms with Crippen molar-refractivity contribution < 1.29 is 23.1 Å². The predicted molar refractivity (Wildman–Crippen MR) is 72.5 cm³/mol. The highest BCUT2D eigenvalue weighted by Gasteiger charge is 2.47. The summed E-state index contributed by atoms with van der Waals surface area (Å²) in [6.07, 6.45) is -2.14. The molecule has 0 unspecified atom stereocenters. The Morgan fingerprint density at radius 3 is 2.45 bits per heavy atom. The van der Waals surface area contributed by atoms with Crippen LogP contribution in [-0.4, -0.2) is 34.2 Å². The van der Waals surface area contributed by atoms with Crippen LogP contribution in [0.5, 0.6) is 0 Å². The van der Waals surface area contributed by atoms with Gasteiger partial charge in [0, 0.05) is 24.7 Å². The number of likely N-dealkylation sites (tertiary alicyclic amines) is 1. The van der Waals surface area contributed by atoms with Crippen LogP contribution in [0.1, 0.15) is 43.0 Å². The molecule has 0 bridgehead atoms. The van der Waals surface area contributed by atoms with Gasteiger partial charge >= 0.3 is 12.3 Å². The summed E-state index contributed by atoms with van der Waals surface area (Å²) in [4.78, 5) is 16.1. The third-order valence-electron chi connectivity index (χ3n) is 4.93. The summed E-state index contributed by atoms with van der Waals surface area (Å²) in [5.41, 5.74) is -0.250. The summed E-state index contributed by atoms with van der Waals surface area (Å²) in [5, 5.41) is 8.95. The number of halogens is 3. The lowest BCUT2D eigenvalue weighted by atomic mass is 9.57. The Labute approximate surface area is 126 Å². The molecule has 1 aliphatic heterocycles. The maximum atomic E-state index is 12.7. The van der Waals surface area contributed by atoms with Gasteiger partial charge in [-0.15, -0.1) is 0 Å². The molecule has 3 rings (SSSR count). The number of hydrogen-bond acceptors (Lipinski definition) is 2. The minimum atomic E-state index is -4.41. The Hall–Kier alpha value is -1.79. The molecule has 2 aliphatic rings. The van der Waals surface area contributed by atoms with E-state index in [2.05, 4.69) is 4.98 Å². The van der Waals surface area contributed by atoms with E-state index in [0.29, 0.717) is 18.8 Å². The number of carbonyl (C=O) groups is 1. The lowest BCUT2D eigenvalue weighted by Gasteiger charge is -2.51. The van der Waals surface area contributed by atoms with E-state index in [1.807, 2.05) is 0 Å². The maximum Gasteiger partial charge on any atom is 0.433 e. The molecule has 0 atom stereocenters. The first kappa shape index (κ1) is 15.1. The first-order chi connectivity index (χ1) is 10.3. The number of nitrogens with zero attached hydrogens (tertiary/aromatic N) is 2.